The van der Waals surface area contributed by atoms with E-state index in [9.17, 15) is 9.59 Å². The van der Waals surface area contributed by atoms with E-state index in [4.69, 9.17) is 4.42 Å². The fourth-order valence-electron chi connectivity index (χ4n) is 1.97. The van der Waals surface area contributed by atoms with Crippen LogP contribution in [0.4, 0.5) is 5.69 Å². The summed E-state index contributed by atoms with van der Waals surface area (Å²) in [7, 11) is 1.32. The van der Waals surface area contributed by atoms with Crippen molar-refractivity contribution in [2.75, 3.05) is 18.2 Å². The Morgan fingerprint density at radius 1 is 1.28 bits per heavy atom. The lowest BCUT2D eigenvalue weighted by Crippen LogP contribution is -2.14. The third kappa shape index (κ3) is 4.27. The summed E-state index contributed by atoms with van der Waals surface area (Å²) < 4.78 is 9.84. The number of nitrogens with one attached hydrogen (secondary N) is 2. The van der Waals surface area contributed by atoms with E-state index in [-0.39, 0.29) is 11.7 Å². The molecule has 25 heavy (non-hydrogen) atoms. The lowest BCUT2D eigenvalue weighted by molar-refractivity contribution is -0.113. The average molecular weight is 358 g/mol. The van der Waals surface area contributed by atoms with Crippen molar-refractivity contribution < 1.29 is 18.7 Å². The summed E-state index contributed by atoms with van der Waals surface area (Å²) in [4.78, 5) is 27.6. The van der Waals surface area contributed by atoms with Crippen LogP contribution < -0.4 is 5.32 Å². The number of aromatic nitrogens is 3. The van der Waals surface area contributed by atoms with E-state index < -0.39 is 5.97 Å². The van der Waals surface area contributed by atoms with E-state index >= 15 is 0 Å². The van der Waals surface area contributed by atoms with Gasteiger partial charge in [0.15, 0.2) is 11.6 Å². The van der Waals surface area contributed by atoms with Crippen LogP contribution in [0.3, 0.4) is 0 Å². The van der Waals surface area contributed by atoms with Crippen LogP contribution in [0.25, 0.3) is 11.6 Å². The molecule has 2 N–H and O–H groups in total. The molecule has 0 saturated heterocycles. The normalized spacial score (nSPS) is 10.4. The van der Waals surface area contributed by atoms with Gasteiger partial charge >= 0.3 is 5.97 Å². The van der Waals surface area contributed by atoms with E-state index in [0.717, 1.165) is 0 Å². The molecule has 0 radical (unpaired) electrons. The summed E-state index contributed by atoms with van der Waals surface area (Å²) in [6, 6.07) is 9.95. The van der Waals surface area contributed by atoms with Gasteiger partial charge in [-0.05, 0) is 36.4 Å². The van der Waals surface area contributed by atoms with Gasteiger partial charge in [0, 0.05) is 5.69 Å². The molecule has 0 aliphatic carbocycles. The monoisotopic (exact) mass is 358 g/mol. The molecule has 1 aromatic carbocycles. The minimum absolute atomic E-state index is 0.147. The van der Waals surface area contributed by atoms with E-state index in [0.29, 0.717) is 28.0 Å². The van der Waals surface area contributed by atoms with Gasteiger partial charge in [0.25, 0.3) is 0 Å². The van der Waals surface area contributed by atoms with Crippen molar-refractivity contribution in [2.24, 2.45) is 0 Å². The Bertz CT molecular complexity index is 859. The number of rotatable bonds is 6. The van der Waals surface area contributed by atoms with E-state index in [1.165, 1.54) is 18.9 Å². The molecule has 0 aliphatic heterocycles. The van der Waals surface area contributed by atoms with Gasteiger partial charge in [0.1, 0.15) is 0 Å². The number of hydrogen-bond donors (Lipinski definition) is 2. The van der Waals surface area contributed by atoms with Crippen LogP contribution in [0.15, 0.2) is 52.2 Å². The Labute approximate surface area is 147 Å². The molecular weight excluding hydrogens is 344 g/mol. The number of aromatic amines is 1. The summed E-state index contributed by atoms with van der Waals surface area (Å²) in [6.45, 7) is 0. The largest absolute Gasteiger partial charge is 0.465 e. The molecule has 0 bridgehead atoms. The van der Waals surface area contributed by atoms with Crippen LogP contribution >= 0.6 is 11.8 Å². The fraction of sp³-hybridized carbons (Fsp3) is 0.125. The topological polar surface area (TPSA) is 110 Å². The number of H-pyrrole nitrogens is 1. The fourth-order valence-corrected chi connectivity index (χ4v) is 2.57. The van der Waals surface area contributed by atoms with Crippen molar-refractivity contribution in [1.29, 1.82) is 0 Å². The number of nitrogens with zero attached hydrogens (tertiary/aromatic N) is 2. The highest BCUT2D eigenvalue weighted by molar-refractivity contribution is 7.99. The van der Waals surface area contributed by atoms with E-state index in [2.05, 4.69) is 25.2 Å². The van der Waals surface area contributed by atoms with Gasteiger partial charge in [0.05, 0.1) is 24.7 Å². The van der Waals surface area contributed by atoms with Gasteiger partial charge in [-0.3, -0.25) is 9.89 Å². The van der Waals surface area contributed by atoms with Crippen LogP contribution in [0.5, 0.6) is 0 Å². The molecule has 0 spiro atoms. The number of hydrogen-bond acceptors (Lipinski definition) is 7. The number of furan rings is 1. The number of amides is 1. The summed E-state index contributed by atoms with van der Waals surface area (Å²) in [5.41, 5.74) is 1.01. The molecule has 1 amide bonds. The molecule has 0 atom stereocenters. The standard InChI is InChI=1S/C16H14N4O4S/c1-23-15(22)10-4-6-11(7-5-10)17-13(21)9-25-16-18-14(19-20-16)12-3-2-8-24-12/h2-8H,9H2,1H3,(H,17,21)(H,18,19,20). The smallest absolute Gasteiger partial charge is 0.337 e. The number of benzene rings is 1. The highest BCUT2D eigenvalue weighted by Gasteiger charge is 2.11. The second-order valence-corrected chi connectivity index (χ2v) is 5.79. The zero-order valence-corrected chi connectivity index (χ0v) is 14.0. The first-order chi connectivity index (χ1) is 12.2. The zero-order valence-electron chi connectivity index (χ0n) is 13.2. The maximum absolute atomic E-state index is 12.0. The van der Waals surface area contributed by atoms with Crippen molar-refractivity contribution in [3.63, 3.8) is 0 Å². The van der Waals surface area contributed by atoms with Crippen LogP contribution in [-0.2, 0) is 9.53 Å². The molecule has 3 aromatic rings. The third-order valence-corrected chi connectivity index (χ3v) is 3.99. The molecule has 128 valence electrons. The predicted molar refractivity (Wildman–Crippen MR) is 91.2 cm³/mol. The molecule has 0 saturated carbocycles. The maximum Gasteiger partial charge on any atom is 0.337 e. The number of anilines is 1. The van der Waals surface area contributed by atoms with Crippen LogP contribution in [0, 0.1) is 0 Å². The summed E-state index contributed by atoms with van der Waals surface area (Å²) >= 11 is 1.20. The first-order valence-electron chi connectivity index (χ1n) is 7.23. The van der Waals surface area contributed by atoms with Crippen molar-refractivity contribution in [3.05, 3.63) is 48.2 Å². The molecule has 2 heterocycles. The molecular formula is C16H14N4O4S. The average Bonchev–Trinajstić information content (AvgIpc) is 3.31. The van der Waals surface area contributed by atoms with Crippen molar-refractivity contribution in [3.8, 4) is 11.6 Å². The lowest BCUT2D eigenvalue weighted by Gasteiger charge is -2.05. The Morgan fingerprint density at radius 2 is 2.08 bits per heavy atom. The number of ether oxygens (including phenoxy) is 1. The Kier molecular flexibility index (Phi) is 5.14. The number of methoxy groups -OCH3 is 1. The molecule has 2 aromatic heterocycles. The maximum atomic E-state index is 12.0. The van der Waals surface area contributed by atoms with E-state index in [1.54, 1.807) is 42.7 Å². The van der Waals surface area contributed by atoms with Gasteiger partial charge in [0.2, 0.25) is 11.1 Å². The number of esters is 1. The first-order valence-corrected chi connectivity index (χ1v) is 8.21. The van der Waals surface area contributed by atoms with Gasteiger partial charge in [-0.2, -0.15) is 4.98 Å². The van der Waals surface area contributed by atoms with Gasteiger partial charge in [-0.25, -0.2) is 4.79 Å². The Balaban J connectivity index is 1.52. The Hall–Kier alpha value is -3.07. The first kappa shape index (κ1) is 16.8. The van der Waals surface area contributed by atoms with Gasteiger partial charge < -0.3 is 14.5 Å². The minimum Gasteiger partial charge on any atom is -0.465 e. The lowest BCUT2D eigenvalue weighted by atomic mass is 10.2. The summed E-state index contributed by atoms with van der Waals surface area (Å²) in [5, 5.41) is 9.96. The van der Waals surface area contributed by atoms with Crippen molar-refractivity contribution in [1.82, 2.24) is 15.2 Å². The Morgan fingerprint density at radius 3 is 2.76 bits per heavy atom. The van der Waals surface area contributed by atoms with Crippen molar-refractivity contribution in [2.45, 2.75) is 5.16 Å². The summed E-state index contributed by atoms with van der Waals surface area (Å²) in [5.74, 6) is 0.597. The number of carbonyl (C=O) groups excluding carboxylic acids is 2. The highest BCUT2D eigenvalue weighted by atomic mass is 32.2. The van der Waals surface area contributed by atoms with Gasteiger partial charge in [-0.1, -0.05) is 11.8 Å². The molecule has 0 unspecified atom stereocenters. The quantitative estimate of drug-likeness (QED) is 0.515. The second kappa shape index (κ2) is 7.67. The third-order valence-electron chi connectivity index (χ3n) is 3.14. The van der Waals surface area contributed by atoms with E-state index in [1.807, 2.05) is 0 Å². The molecule has 3 rings (SSSR count). The van der Waals surface area contributed by atoms with Crippen LogP contribution in [0.1, 0.15) is 10.4 Å². The SMILES string of the molecule is COC(=O)c1ccc(NC(=O)CSc2n[nH]c(-c3ccco3)n2)cc1. The van der Waals surface area contributed by atoms with Crippen LogP contribution in [-0.4, -0.2) is 39.9 Å². The number of carbonyl (C=O) groups is 2. The zero-order chi connectivity index (χ0) is 17.6. The minimum atomic E-state index is -0.426. The predicted octanol–water partition coefficient (Wildman–Crippen LogP) is 2.58. The molecule has 8 nitrogen and oxygen atoms in total. The van der Waals surface area contributed by atoms with Crippen LogP contribution in [0.2, 0.25) is 0 Å². The highest BCUT2D eigenvalue weighted by Crippen LogP contribution is 2.19. The second-order valence-electron chi connectivity index (χ2n) is 4.85. The van der Waals surface area contributed by atoms with Gasteiger partial charge in [-0.15, -0.1) is 5.10 Å². The molecule has 9 heteroatoms. The molecule has 0 aliphatic rings. The summed E-state index contributed by atoms with van der Waals surface area (Å²) in [6.07, 6.45) is 1.55. The van der Waals surface area contributed by atoms with Crippen molar-refractivity contribution >= 4 is 29.3 Å². The number of thioether (sulfide) groups is 1. The molecule has 0 fully saturated rings.